The first-order chi connectivity index (χ1) is 11.9. The zero-order valence-corrected chi connectivity index (χ0v) is 14.7. The Hall–Kier alpha value is -2.83. The van der Waals surface area contributed by atoms with Gasteiger partial charge in [-0.2, -0.15) is 5.10 Å². The fraction of sp³-hybridized carbons (Fsp3) is 0.389. The van der Waals surface area contributed by atoms with Crippen LogP contribution in [0.1, 0.15) is 17.7 Å². The lowest BCUT2D eigenvalue weighted by atomic mass is 10.2. The molecule has 1 aromatic heterocycles. The number of aromatic nitrogens is 2. The summed E-state index contributed by atoms with van der Waals surface area (Å²) in [4.78, 5) is 26.4. The van der Waals surface area contributed by atoms with Crippen molar-refractivity contribution >= 4 is 23.3 Å². The summed E-state index contributed by atoms with van der Waals surface area (Å²) < 4.78 is 1.54. The zero-order valence-electron chi connectivity index (χ0n) is 14.7. The van der Waals surface area contributed by atoms with Crippen LogP contribution < -0.4 is 15.5 Å². The van der Waals surface area contributed by atoms with E-state index in [-0.39, 0.29) is 6.04 Å². The van der Waals surface area contributed by atoms with Crippen LogP contribution in [0.3, 0.4) is 0 Å². The maximum Gasteiger partial charge on any atom is 0.314 e. The molecule has 1 aliphatic rings. The van der Waals surface area contributed by atoms with Crippen molar-refractivity contribution in [3.63, 3.8) is 0 Å². The number of amides is 2. The molecule has 0 aliphatic carbocycles. The van der Waals surface area contributed by atoms with Gasteiger partial charge in [-0.05, 0) is 32.4 Å². The maximum atomic E-state index is 12.1. The molecule has 2 heterocycles. The van der Waals surface area contributed by atoms with Crippen molar-refractivity contribution in [2.75, 3.05) is 23.3 Å². The third-order valence-electron chi connectivity index (χ3n) is 4.37. The highest BCUT2D eigenvalue weighted by molar-refractivity contribution is 6.39. The van der Waals surface area contributed by atoms with E-state index in [9.17, 15) is 9.59 Å². The number of hydrogen-bond acceptors (Lipinski definition) is 4. The van der Waals surface area contributed by atoms with Crippen LogP contribution in [-0.4, -0.2) is 40.7 Å². The largest absolute Gasteiger partial charge is 0.369 e. The lowest BCUT2D eigenvalue weighted by Crippen LogP contribution is -2.43. The highest BCUT2D eigenvalue weighted by Gasteiger charge is 2.26. The van der Waals surface area contributed by atoms with E-state index in [1.807, 2.05) is 6.92 Å². The molecule has 2 amide bonds. The first-order valence-corrected chi connectivity index (χ1v) is 8.36. The van der Waals surface area contributed by atoms with Gasteiger partial charge in [-0.1, -0.05) is 17.7 Å². The first kappa shape index (κ1) is 17.0. The molecule has 2 N–H and O–H groups in total. The second-order valence-corrected chi connectivity index (χ2v) is 6.49. The van der Waals surface area contributed by atoms with Gasteiger partial charge in [-0.3, -0.25) is 14.3 Å². The lowest BCUT2D eigenvalue weighted by molar-refractivity contribution is -0.136. The van der Waals surface area contributed by atoms with Crippen molar-refractivity contribution in [3.8, 4) is 0 Å². The molecule has 2 aromatic rings. The van der Waals surface area contributed by atoms with Crippen LogP contribution in [0.5, 0.6) is 0 Å². The molecule has 0 bridgehead atoms. The van der Waals surface area contributed by atoms with Crippen molar-refractivity contribution in [2.24, 2.45) is 7.05 Å². The van der Waals surface area contributed by atoms with Crippen LogP contribution in [0, 0.1) is 13.8 Å². The van der Waals surface area contributed by atoms with Gasteiger partial charge in [0.05, 0.1) is 5.69 Å². The van der Waals surface area contributed by atoms with E-state index >= 15 is 0 Å². The number of carbonyl (C=O) groups is 2. The molecule has 1 saturated heterocycles. The van der Waals surface area contributed by atoms with Gasteiger partial charge in [0.1, 0.15) is 5.82 Å². The van der Waals surface area contributed by atoms with Crippen molar-refractivity contribution in [1.29, 1.82) is 0 Å². The number of rotatable bonds is 3. The standard InChI is InChI=1S/C18H23N5O2/c1-12-4-6-15(7-5-12)23-9-8-14(11-23)19-17(24)18(25)20-16-10-13(2)21-22(16)3/h4-7,10,14H,8-9,11H2,1-3H3,(H,19,24)(H,20,25)/t14-/m0/s1. The molecule has 7 heteroatoms. The van der Waals surface area contributed by atoms with E-state index in [1.165, 1.54) is 10.2 Å². The van der Waals surface area contributed by atoms with E-state index in [1.54, 1.807) is 13.1 Å². The molecule has 25 heavy (non-hydrogen) atoms. The minimum atomic E-state index is -0.670. The van der Waals surface area contributed by atoms with E-state index in [0.717, 1.165) is 24.3 Å². The summed E-state index contributed by atoms with van der Waals surface area (Å²) in [5.74, 6) is -0.781. The summed E-state index contributed by atoms with van der Waals surface area (Å²) in [6.07, 6.45) is 0.817. The average Bonchev–Trinajstić information content (AvgIpc) is 3.14. The van der Waals surface area contributed by atoms with Crippen LogP contribution >= 0.6 is 0 Å². The van der Waals surface area contributed by atoms with Crippen molar-refractivity contribution in [2.45, 2.75) is 26.3 Å². The topological polar surface area (TPSA) is 79.3 Å². The summed E-state index contributed by atoms with van der Waals surface area (Å²) in [7, 11) is 1.72. The molecule has 1 atom stereocenters. The normalized spacial score (nSPS) is 16.8. The zero-order chi connectivity index (χ0) is 18.0. The summed E-state index contributed by atoms with van der Waals surface area (Å²) in [5.41, 5.74) is 3.13. The molecule has 1 fully saturated rings. The Bertz CT molecular complexity index is 781. The van der Waals surface area contributed by atoms with Gasteiger partial charge >= 0.3 is 11.8 Å². The fourth-order valence-electron chi connectivity index (χ4n) is 3.02. The highest BCUT2D eigenvalue weighted by atomic mass is 16.2. The molecule has 1 aromatic carbocycles. The molecule has 3 rings (SSSR count). The molecule has 132 valence electrons. The molecular formula is C18H23N5O2. The number of aryl methyl sites for hydroxylation is 3. The predicted octanol–water partition coefficient (Wildman–Crippen LogP) is 1.37. The number of hydrogen-bond donors (Lipinski definition) is 2. The highest BCUT2D eigenvalue weighted by Crippen LogP contribution is 2.20. The van der Waals surface area contributed by atoms with E-state index in [0.29, 0.717) is 12.4 Å². The van der Waals surface area contributed by atoms with Gasteiger partial charge in [0.15, 0.2) is 0 Å². The molecule has 7 nitrogen and oxygen atoms in total. The number of nitrogens with zero attached hydrogens (tertiary/aromatic N) is 3. The molecule has 0 saturated carbocycles. The first-order valence-electron chi connectivity index (χ1n) is 8.36. The van der Waals surface area contributed by atoms with Gasteiger partial charge in [0.25, 0.3) is 0 Å². The number of benzene rings is 1. The Morgan fingerprint density at radius 1 is 1.16 bits per heavy atom. The number of nitrogens with one attached hydrogen (secondary N) is 2. The minimum absolute atomic E-state index is 0.0344. The Labute approximate surface area is 147 Å². The summed E-state index contributed by atoms with van der Waals surface area (Å²) in [6.45, 7) is 5.44. The Morgan fingerprint density at radius 2 is 1.88 bits per heavy atom. The number of anilines is 2. The predicted molar refractivity (Wildman–Crippen MR) is 96.5 cm³/mol. The fourth-order valence-corrected chi connectivity index (χ4v) is 3.02. The SMILES string of the molecule is Cc1ccc(N2CC[C@H](NC(=O)C(=O)Nc3cc(C)nn3C)C2)cc1. The third-order valence-corrected chi connectivity index (χ3v) is 4.37. The van der Waals surface area contributed by atoms with Gasteiger partial charge in [0.2, 0.25) is 0 Å². The van der Waals surface area contributed by atoms with Gasteiger partial charge in [0, 0.05) is 37.9 Å². The van der Waals surface area contributed by atoms with E-state index in [2.05, 4.69) is 51.8 Å². The molecule has 0 spiro atoms. The number of carbonyl (C=O) groups excluding carboxylic acids is 2. The molecule has 0 unspecified atom stereocenters. The molecular weight excluding hydrogens is 318 g/mol. The van der Waals surface area contributed by atoms with Gasteiger partial charge < -0.3 is 15.5 Å². The third kappa shape index (κ3) is 3.99. The molecule has 1 aliphatic heterocycles. The second-order valence-electron chi connectivity index (χ2n) is 6.49. The van der Waals surface area contributed by atoms with Crippen LogP contribution in [0.25, 0.3) is 0 Å². The Morgan fingerprint density at radius 3 is 2.52 bits per heavy atom. The van der Waals surface area contributed by atoms with Crippen LogP contribution in [0.4, 0.5) is 11.5 Å². The van der Waals surface area contributed by atoms with E-state index < -0.39 is 11.8 Å². The van der Waals surface area contributed by atoms with Crippen LogP contribution in [-0.2, 0) is 16.6 Å². The van der Waals surface area contributed by atoms with Crippen molar-refractivity contribution in [1.82, 2.24) is 15.1 Å². The second kappa shape index (κ2) is 6.96. The maximum absolute atomic E-state index is 12.1. The minimum Gasteiger partial charge on any atom is -0.369 e. The smallest absolute Gasteiger partial charge is 0.314 e. The van der Waals surface area contributed by atoms with Gasteiger partial charge in [-0.15, -0.1) is 0 Å². The monoisotopic (exact) mass is 341 g/mol. The molecule has 0 radical (unpaired) electrons. The summed E-state index contributed by atoms with van der Waals surface area (Å²) in [6, 6.07) is 10.00. The van der Waals surface area contributed by atoms with E-state index in [4.69, 9.17) is 0 Å². The van der Waals surface area contributed by atoms with Gasteiger partial charge in [-0.25, -0.2) is 0 Å². The average molecular weight is 341 g/mol. The Kier molecular flexibility index (Phi) is 4.74. The van der Waals surface area contributed by atoms with Crippen molar-refractivity contribution < 1.29 is 9.59 Å². The summed E-state index contributed by atoms with van der Waals surface area (Å²) in [5, 5.41) is 9.54. The quantitative estimate of drug-likeness (QED) is 0.827. The lowest BCUT2D eigenvalue weighted by Gasteiger charge is -2.19. The Balaban J connectivity index is 1.54. The van der Waals surface area contributed by atoms with Crippen molar-refractivity contribution in [3.05, 3.63) is 41.6 Å². The summed E-state index contributed by atoms with van der Waals surface area (Å²) >= 11 is 0. The van der Waals surface area contributed by atoms with Crippen LogP contribution in [0.15, 0.2) is 30.3 Å². The van der Waals surface area contributed by atoms with Crippen LogP contribution in [0.2, 0.25) is 0 Å².